The van der Waals surface area contributed by atoms with Crippen LogP contribution in [0.5, 0.6) is 0 Å². The second kappa shape index (κ2) is 8.49. The molecule has 2 aromatic rings. The predicted molar refractivity (Wildman–Crippen MR) is 92.0 cm³/mol. The summed E-state index contributed by atoms with van der Waals surface area (Å²) < 4.78 is 0. The fourth-order valence-corrected chi connectivity index (χ4v) is 2.30. The van der Waals surface area contributed by atoms with Crippen LogP contribution in [0.4, 0.5) is 5.69 Å². The van der Waals surface area contributed by atoms with Gasteiger partial charge in [-0.05, 0) is 29.7 Å². The summed E-state index contributed by atoms with van der Waals surface area (Å²) in [7, 11) is 0. The van der Waals surface area contributed by atoms with E-state index in [-0.39, 0.29) is 24.8 Å². The molecule has 2 aromatic carbocycles. The minimum Gasteiger partial charge on any atom is -0.351 e. The summed E-state index contributed by atoms with van der Waals surface area (Å²) in [5.41, 5.74) is 3.51. The molecule has 0 bridgehead atoms. The first-order chi connectivity index (χ1) is 11.6. The van der Waals surface area contributed by atoms with Crippen LogP contribution < -0.4 is 10.6 Å². The average Bonchev–Trinajstić information content (AvgIpc) is 2.56. The van der Waals surface area contributed by atoms with Crippen molar-refractivity contribution in [3.05, 3.63) is 65.2 Å². The Balaban J connectivity index is 2.02. The fraction of sp³-hybridized carbons (Fsp3) is 0.211. The van der Waals surface area contributed by atoms with E-state index >= 15 is 0 Å². The second-order valence-corrected chi connectivity index (χ2v) is 5.42. The minimum atomic E-state index is -0.335. The molecule has 2 amide bonds. The van der Waals surface area contributed by atoms with Crippen LogP contribution in [0.2, 0.25) is 0 Å². The lowest BCUT2D eigenvalue weighted by molar-refractivity contribution is -0.120. The number of benzene rings is 2. The molecule has 0 heterocycles. The van der Waals surface area contributed by atoms with E-state index in [9.17, 15) is 9.59 Å². The number of nitrogens with one attached hydrogen (secondary N) is 2. The third kappa shape index (κ3) is 4.96. The molecule has 5 heteroatoms. The molecule has 0 atom stereocenters. The van der Waals surface area contributed by atoms with E-state index in [0.29, 0.717) is 12.1 Å². The lowest BCUT2D eigenvalue weighted by Crippen LogP contribution is -2.23. The lowest BCUT2D eigenvalue weighted by Gasteiger charge is -2.12. The monoisotopic (exact) mass is 321 g/mol. The number of hydrogen-bond donors (Lipinski definition) is 2. The summed E-state index contributed by atoms with van der Waals surface area (Å²) in [6.07, 6.45) is 0.115. The zero-order chi connectivity index (χ0) is 17.4. The number of aryl methyl sites for hydroxylation is 1. The van der Waals surface area contributed by atoms with Crippen molar-refractivity contribution in [2.45, 2.75) is 26.3 Å². The highest BCUT2D eigenvalue weighted by Gasteiger charge is 2.09. The Labute approximate surface area is 141 Å². The first kappa shape index (κ1) is 17.2. The van der Waals surface area contributed by atoms with Crippen molar-refractivity contribution in [3.8, 4) is 6.07 Å². The number of nitrogens with zero attached hydrogens (tertiary/aromatic N) is 1. The van der Waals surface area contributed by atoms with Gasteiger partial charge < -0.3 is 10.6 Å². The number of rotatable bonds is 6. The molecule has 0 saturated carbocycles. The van der Waals surface area contributed by atoms with Gasteiger partial charge in [-0.25, -0.2) is 0 Å². The Kier molecular flexibility index (Phi) is 6.09. The van der Waals surface area contributed by atoms with Crippen LogP contribution in [-0.4, -0.2) is 11.8 Å². The van der Waals surface area contributed by atoms with Gasteiger partial charge in [0, 0.05) is 12.2 Å². The third-order valence-corrected chi connectivity index (χ3v) is 3.62. The molecule has 0 aliphatic heterocycles. The van der Waals surface area contributed by atoms with Gasteiger partial charge in [0.25, 0.3) is 0 Å². The number of carbonyl (C=O) groups excluding carboxylic acids is 2. The molecule has 0 spiro atoms. The summed E-state index contributed by atoms with van der Waals surface area (Å²) in [5.74, 6) is -0.446. The van der Waals surface area contributed by atoms with E-state index in [1.54, 1.807) is 12.1 Å². The van der Waals surface area contributed by atoms with Gasteiger partial charge in [-0.2, -0.15) is 5.26 Å². The molecule has 0 aromatic heterocycles. The van der Waals surface area contributed by atoms with E-state index in [1.165, 1.54) is 0 Å². The normalized spacial score (nSPS) is 9.83. The zero-order valence-electron chi connectivity index (χ0n) is 13.5. The van der Waals surface area contributed by atoms with Gasteiger partial charge in [0.05, 0.1) is 12.5 Å². The van der Waals surface area contributed by atoms with Crippen LogP contribution in [0, 0.1) is 18.3 Å². The van der Waals surface area contributed by atoms with Crippen molar-refractivity contribution in [1.29, 1.82) is 5.26 Å². The molecule has 0 aliphatic carbocycles. The van der Waals surface area contributed by atoms with Crippen molar-refractivity contribution in [2.75, 3.05) is 5.32 Å². The Morgan fingerprint density at radius 2 is 1.67 bits per heavy atom. The molecule has 0 radical (unpaired) electrons. The third-order valence-electron chi connectivity index (χ3n) is 3.62. The van der Waals surface area contributed by atoms with Crippen molar-refractivity contribution >= 4 is 17.5 Å². The molecule has 0 fully saturated rings. The smallest absolute Gasteiger partial charge is 0.234 e. The van der Waals surface area contributed by atoms with Gasteiger partial charge >= 0.3 is 0 Å². The quantitative estimate of drug-likeness (QED) is 0.858. The number of anilines is 1. The summed E-state index contributed by atoms with van der Waals surface area (Å²) >= 11 is 0. The number of nitriles is 1. The van der Waals surface area contributed by atoms with Crippen molar-refractivity contribution in [2.24, 2.45) is 0 Å². The van der Waals surface area contributed by atoms with Crippen molar-refractivity contribution < 1.29 is 9.59 Å². The van der Waals surface area contributed by atoms with E-state index < -0.39 is 0 Å². The van der Waals surface area contributed by atoms with Crippen LogP contribution in [0.25, 0.3) is 0 Å². The van der Waals surface area contributed by atoms with E-state index in [0.717, 1.165) is 16.7 Å². The molecule has 5 nitrogen and oxygen atoms in total. The number of hydrogen-bond acceptors (Lipinski definition) is 3. The standard InChI is InChI=1S/C19H19N3O2/c1-14-6-2-3-7-15(14)12-19(24)22-17-9-5-4-8-16(17)13-21-18(23)10-11-20/h2-9H,10,12-13H2,1H3,(H,21,23)(H,22,24). The Bertz CT molecular complexity index is 778. The first-order valence-electron chi connectivity index (χ1n) is 7.66. The van der Waals surface area contributed by atoms with Crippen LogP contribution in [0.3, 0.4) is 0 Å². The number of para-hydroxylation sites is 1. The van der Waals surface area contributed by atoms with Gasteiger partial charge in [-0.1, -0.05) is 42.5 Å². The SMILES string of the molecule is Cc1ccccc1CC(=O)Nc1ccccc1CNC(=O)CC#N. The maximum atomic E-state index is 12.3. The molecule has 2 rings (SSSR count). The van der Waals surface area contributed by atoms with Crippen LogP contribution in [0.15, 0.2) is 48.5 Å². The molecule has 0 unspecified atom stereocenters. The topological polar surface area (TPSA) is 82.0 Å². The number of amides is 2. The largest absolute Gasteiger partial charge is 0.351 e. The van der Waals surface area contributed by atoms with Gasteiger partial charge in [0.1, 0.15) is 6.42 Å². The van der Waals surface area contributed by atoms with Crippen molar-refractivity contribution in [3.63, 3.8) is 0 Å². The highest BCUT2D eigenvalue weighted by molar-refractivity contribution is 5.93. The molecule has 0 aliphatic rings. The highest BCUT2D eigenvalue weighted by atomic mass is 16.2. The summed E-state index contributed by atoms with van der Waals surface area (Å²) in [6.45, 7) is 2.24. The summed E-state index contributed by atoms with van der Waals surface area (Å²) in [4.78, 5) is 23.7. The highest BCUT2D eigenvalue weighted by Crippen LogP contribution is 2.16. The van der Waals surface area contributed by atoms with Crippen LogP contribution in [0.1, 0.15) is 23.1 Å². The van der Waals surface area contributed by atoms with Gasteiger partial charge in [0.15, 0.2) is 0 Å². The van der Waals surface area contributed by atoms with Crippen molar-refractivity contribution in [1.82, 2.24) is 5.32 Å². The fourth-order valence-electron chi connectivity index (χ4n) is 2.30. The maximum absolute atomic E-state index is 12.3. The molecule has 122 valence electrons. The van der Waals surface area contributed by atoms with E-state index in [4.69, 9.17) is 5.26 Å². The van der Waals surface area contributed by atoms with E-state index in [1.807, 2.05) is 49.4 Å². The van der Waals surface area contributed by atoms with Gasteiger partial charge in [-0.15, -0.1) is 0 Å². The van der Waals surface area contributed by atoms with Gasteiger partial charge in [-0.3, -0.25) is 9.59 Å². The zero-order valence-corrected chi connectivity index (χ0v) is 13.5. The molecular formula is C19H19N3O2. The Morgan fingerprint density at radius 1 is 1.00 bits per heavy atom. The minimum absolute atomic E-state index is 0.111. The molecule has 2 N–H and O–H groups in total. The van der Waals surface area contributed by atoms with Gasteiger partial charge in [0.2, 0.25) is 11.8 Å². The van der Waals surface area contributed by atoms with E-state index in [2.05, 4.69) is 10.6 Å². The second-order valence-electron chi connectivity index (χ2n) is 5.42. The lowest BCUT2D eigenvalue weighted by atomic mass is 10.1. The molecule has 24 heavy (non-hydrogen) atoms. The summed E-state index contributed by atoms with van der Waals surface area (Å²) in [6, 6.07) is 16.8. The molecular weight excluding hydrogens is 302 g/mol. The first-order valence-corrected chi connectivity index (χ1v) is 7.66. The maximum Gasteiger partial charge on any atom is 0.234 e. The molecule has 0 saturated heterocycles. The van der Waals surface area contributed by atoms with Crippen LogP contribution >= 0.6 is 0 Å². The summed E-state index contributed by atoms with van der Waals surface area (Å²) in [5, 5.41) is 14.0. The Morgan fingerprint density at radius 3 is 2.38 bits per heavy atom. The average molecular weight is 321 g/mol. The van der Waals surface area contributed by atoms with Crippen LogP contribution in [-0.2, 0) is 22.6 Å². The Hall–Kier alpha value is -3.13. The number of carbonyl (C=O) groups is 2. The predicted octanol–water partition coefficient (Wildman–Crippen LogP) is 2.71.